The van der Waals surface area contributed by atoms with Gasteiger partial charge in [-0.1, -0.05) is 5.21 Å². The molecule has 2 N–H and O–H groups in total. The molecule has 0 aliphatic rings. The molecular weight excluding hydrogens is 182 g/mol. The van der Waals surface area contributed by atoms with E-state index >= 15 is 0 Å². The van der Waals surface area contributed by atoms with Crippen molar-refractivity contribution in [3.05, 3.63) is 11.9 Å². The molecule has 0 atom stereocenters. The Kier molecular flexibility index (Phi) is 5.17. The van der Waals surface area contributed by atoms with Crippen LogP contribution in [0.4, 0.5) is 0 Å². The van der Waals surface area contributed by atoms with Gasteiger partial charge in [0.25, 0.3) is 0 Å². The van der Waals surface area contributed by atoms with E-state index in [-0.39, 0.29) is 13.2 Å². The Bertz CT molecular complexity index is 250. The summed E-state index contributed by atoms with van der Waals surface area (Å²) in [4.78, 5) is 0. The number of hydrogen-bond donors (Lipinski definition) is 2. The Balaban J connectivity index is 2.22. The third kappa shape index (κ3) is 3.85. The number of nitrogens with zero attached hydrogens (tertiary/aromatic N) is 3. The van der Waals surface area contributed by atoms with Crippen molar-refractivity contribution >= 4 is 0 Å². The predicted octanol–water partition coefficient (Wildman–Crippen LogP) is -0.0245. The first-order chi connectivity index (χ1) is 6.86. The van der Waals surface area contributed by atoms with Crippen LogP contribution in [-0.2, 0) is 13.0 Å². The van der Waals surface area contributed by atoms with Crippen molar-refractivity contribution < 1.29 is 10.2 Å². The highest BCUT2D eigenvalue weighted by Crippen LogP contribution is 1.99. The maximum Gasteiger partial charge on any atom is 0.0849 e. The number of aliphatic hydroxyl groups excluding tert-OH is 2. The first-order valence-electron chi connectivity index (χ1n) is 4.97. The van der Waals surface area contributed by atoms with Gasteiger partial charge in [-0.15, -0.1) is 5.10 Å². The van der Waals surface area contributed by atoms with Crippen LogP contribution in [0.25, 0.3) is 0 Å². The zero-order valence-corrected chi connectivity index (χ0v) is 8.26. The Labute approximate surface area is 83.4 Å². The summed E-state index contributed by atoms with van der Waals surface area (Å²) >= 11 is 0. The molecule has 0 bridgehead atoms. The number of hydrogen-bond acceptors (Lipinski definition) is 4. The van der Waals surface area contributed by atoms with Crippen molar-refractivity contribution in [1.82, 2.24) is 15.0 Å². The monoisotopic (exact) mass is 199 g/mol. The lowest BCUT2D eigenvalue weighted by molar-refractivity contribution is 0.281. The number of aliphatic hydroxyl groups is 2. The standard InChI is InChI=1S/C9H17N3O2/c13-6-3-1-2-5-12-8-9(4-7-14)10-11-12/h8,13-14H,1-7H2. The summed E-state index contributed by atoms with van der Waals surface area (Å²) in [5, 5.41) is 25.1. The van der Waals surface area contributed by atoms with E-state index in [1.54, 1.807) is 4.68 Å². The Hall–Kier alpha value is -0.940. The van der Waals surface area contributed by atoms with Crippen LogP contribution in [0.2, 0.25) is 0 Å². The third-order valence-electron chi connectivity index (χ3n) is 2.00. The second kappa shape index (κ2) is 6.50. The fraction of sp³-hybridized carbons (Fsp3) is 0.778. The second-order valence-corrected chi connectivity index (χ2v) is 3.23. The average Bonchev–Trinajstić information content (AvgIpc) is 2.61. The van der Waals surface area contributed by atoms with E-state index in [1.165, 1.54) is 0 Å². The molecule has 0 aromatic carbocycles. The van der Waals surface area contributed by atoms with Crippen LogP contribution in [0.3, 0.4) is 0 Å². The molecule has 0 saturated carbocycles. The summed E-state index contributed by atoms with van der Waals surface area (Å²) in [5.74, 6) is 0. The zero-order valence-electron chi connectivity index (χ0n) is 8.26. The Morgan fingerprint density at radius 2 is 2.00 bits per heavy atom. The highest BCUT2D eigenvalue weighted by molar-refractivity contribution is 4.91. The molecule has 80 valence electrons. The van der Waals surface area contributed by atoms with Crippen LogP contribution < -0.4 is 0 Å². The number of aromatic nitrogens is 3. The smallest absolute Gasteiger partial charge is 0.0849 e. The van der Waals surface area contributed by atoms with Crippen LogP contribution >= 0.6 is 0 Å². The van der Waals surface area contributed by atoms with Crippen molar-refractivity contribution in [2.45, 2.75) is 32.2 Å². The summed E-state index contributed by atoms with van der Waals surface area (Å²) in [6, 6.07) is 0. The van der Waals surface area contributed by atoms with Crippen LogP contribution in [0.15, 0.2) is 6.20 Å². The number of unbranched alkanes of at least 4 members (excludes halogenated alkanes) is 2. The van der Waals surface area contributed by atoms with E-state index in [0.717, 1.165) is 31.5 Å². The van der Waals surface area contributed by atoms with Gasteiger partial charge in [-0.3, -0.25) is 4.68 Å². The third-order valence-corrected chi connectivity index (χ3v) is 2.00. The van der Waals surface area contributed by atoms with Crippen molar-refractivity contribution in [3.63, 3.8) is 0 Å². The van der Waals surface area contributed by atoms with Crippen LogP contribution in [0, 0.1) is 0 Å². The molecule has 1 heterocycles. The molecule has 5 nitrogen and oxygen atoms in total. The van der Waals surface area contributed by atoms with Gasteiger partial charge < -0.3 is 10.2 Å². The van der Waals surface area contributed by atoms with Crippen molar-refractivity contribution in [2.75, 3.05) is 13.2 Å². The molecule has 5 heteroatoms. The first kappa shape index (κ1) is 11.1. The maximum atomic E-state index is 8.67. The number of aryl methyl sites for hydroxylation is 1. The summed E-state index contributed by atoms with van der Waals surface area (Å²) in [6.45, 7) is 1.20. The highest BCUT2D eigenvalue weighted by Gasteiger charge is 1.99. The van der Waals surface area contributed by atoms with Gasteiger partial charge in [0.2, 0.25) is 0 Å². The highest BCUT2D eigenvalue weighted by atomic mass is 16.3. The summed E-state index contributed by atoms with van der Waals surface area (Å²) in [7, 11) is 0. The van der Waals surface area contributed by atoms with Crippen LogP contribution in [-0.4, -0.2) is 38.4 Å². The fourth-order valence-corrected chi connectivity index (χ4v) is 1.24. The molecule has 14 heavy (non-hydrogen) atoms. The lowest BCUT2D eigenvalue weighted by Crippen LogP contribution is -1.99. The van der Waals surface area contributed by atoms with E-state index in [0.29, 0.717) is 6.42 Å². The minimum Gasteiger partial charge on any atom is -0.396 e. The van der Waals surface area contributed by atoms with E-state index in [2.05, 4.69) is 10.3 Å². The molecule has 0 aliphatic carbocycles. The lowest BCUT2D eigenvalue weighted by atomic mass is 10.2. The molecule has 0 unspecified atom stereocenters. The zero-order chi connectivity index (χ0) is 10.2. The first-order valence-corrected chi connectivity index (χ1v) is 4.97. The van der Waals surface area contributed by atoms with Gasteiger partial charge in [0.05, 0.1) is 5.69 Å². The molecule has 0 aliphatic heterocycles. The summed E-state index contributed by atoms with van der Waals surface area (Å²) in [5.41, 5.74) is 0.828. The van der Waals surface area contributed by atoms with Crippen molar-refractivity contribution in [3.8, 4) is 0 Å². The minimum absolute atomic E-state index is 0.114. The van der Waals surface area contributed by atoms with Gasteiger partial charge >= 0.3 is 0 Å². The van der Waals surface area contributed by atoms with Gasteiger partial charge in [0.1, 0.15) is 0 Å². The molecule has 1 aromatic rings. The van der Waals surface area contributed by atoms with Gasteiger partial charge in [0, 0.05) is 32.4 Å². The molecule has 0 fully saturated rings. The second-order valence-electron chi connectivity index (χ2n) is 3.23. The largest absolute Gasteiger partial charge is 0.396 e. The quantitative estimate of drug-likeness (QED) is 0.605. The van der Waals surface area contributed by atoms with Crippen LogP contribution in [0.1, 0.15) is 25.0 Å². The molecule has 0 saturated heterocycles. The summed E-state index contributed by atoms with van der Waals surface area (Å²) in [6.07, 6.45) is 5.28. The van der Waals surface area contributed by atoms with Crippen LogP contribution in [0.5, 0.6) is 0 Å². The van der Waals surface area contributed by atoms with E-state index in [4.69, 9.17) is 10.2 Å². The van der Waals surface area contributed by atoms with Gasteiger partial charge in [0.15, 0.2) is 0 Å². The molecule has 0 radical (unpaired) electrons. The maximum absolute atomic E-state index is 8.67. The van der Waals surface area contributed by atoms with Crippen molar-refractivity contribution in [2.24, 2.45) is 0 Å². The van der Waals surface area contributed by atoms with Gasteiger partial charge in [-0.05, 0) is 19.3 Å². The van der Waals surface area contributed by atoms with E-state index < -0.39 is 0 Å². The fourth-order valence-electron chi connectivity index (χ4n) is 1.24. The van der Waals surface area contributed by atoms with E-state index in [1.807, 2.05) is 6.20 Å². The molecule has 1 aromatic heterocycles. The van der Waals surface area contributed by atoms with E-state index in [9.17, 15) is 0 Å². The Morgan fingerprint density at radius 3 is 2.71 bits per heavy atom. The van der Waals surface area contributed by atoms with Crippen molar-refractivity contribution in [1.29, 1.82) is 0 Å². The average molecular weight is 199 g/mol. The topological polar surface area (TPSA) is 71.2 Å². The Morgan fingerprint density at radius 1 is 1.14 bits per heavy atom. The van der Waals surface area contributed by atoms with Gasteiger partial charge in [-0.2, -0.15) is 0 Å². The van der Waals surface area contributed by atoms with Gasteiger partial charge in [-0.25, -0.2) is 0 Å². The molecule has 0 spiro atoms. The normalized spacial score (nSPS) is 10.7. The predicted molar refractivity (Wildman–Crippen MR) is 51.7 cm³/mol. The summed E-state index contributed by atoms with van der Waals surface area (Å²) < 4.78 is 1.78. The lowest BCUT2D eigenvalue weighted by Gasteiger charge is -1.98. The SMILES string of the molecule is OCCCCCn1cc(CCO)nn1. The molecule has 1 rings (SSSR count). The minimum atomic E-state index is 0.114. The molecule has 0 amide bonds. The molecular formula is C9H17N3O2. The number of rotatable bonds is 7.